The zero-order chi connectivity index (χ0) is 34.6. The second-order valence-corrected chi connectivity index (χ2v) is 17.7. The first kappa shape index (κ1) is 34.7. The summed E-state index contributed by atoms with van der Waals surface area (Å²) >= 11 is 12.7. The van der Waals surface area contributed by atoms with Crippen LogP contribution in [-0.2, 0) is 26.3 Å². The second-order valence-electron chi connectivity index (χ2n) is 14.5. The van der Waals surface area contributed by atoms with E-state index in [0.717, 1.165) is 16.8 Å². The number of nitrogens with zero attached hydrogens (tertiary/aromatic N) is 4. The SMILES string of the molecule is CC(C)(C)c1cc(=O)c(C2=N[C@@](C)(c3ccc(Cl)cc3)[C@@](C)(c3ccc(Cl)cc3)N2C(=O)N2CCN(C3CCS(=O)(=O)CC3)CC2)c[nH]1. The molecule has 1 N–H and O–H groups in total. The Bertz CT molecular complexity index is 1880. The number of benzene rings is 2. The molecule has 2 atom stereocenters. The van der Waals surface area contributed by atoms with E-state index >= 15 is 4.79 Å². The molecule has 9 nitrogen and oxygen atoms in total. The lowest BCUT2D eigenvalue weighted by Gasteiger charge is -2.48. The number of amidine groups is 1. The topological polar surface area (TPSA) is 106 Å². The summed E-state index contributed by atoms with van der Waals surface area (Å²) in [6, 6.07) is 16.4. The van der Waals surface area contributed by atoms with Crippen molar-refractivity contribution in [3.8, 4) is 0 Å². The third kappa shape index (κ3) is 6.21. The Balaban J connectivity index is 1.45. The minimum absolute atomic E-state index is 0.183. The van der Waals surface area contributed by atoms with Gasteiger partial charge in [-0.05, 0) is 62.1 Å². The van der Waals surface area contributed by atoms with Crippen LogP contribution >= 0.6 is 23.2 Å². The maximum absolute atomic E-state index is 15.0. The number of halogens is 2. The maximum atomic E-state index is 15.0. The van der Waals surface area contributed by atoms with Crippen molar-refractivity contribution in [2.24, 2.45) is 4.99 Å². The quantitative estimate of drug-likeness (QED) is 0.348. The number of urea groups is 1. The summed E-state index contributed by atoms with van der Waals surface area (Å²) < 4.78 is 24.1. The van der Waals surface area contributed by atoms with Crippen molar-refractivity contribution in [2.75, 3.05) is 37.7 Å². The average Bonchev–Trinajstić information content (AvgIpc) is 3.28. The van der Waals surface area contributed by atoms with Crippen molar-refractivity contribution >= 4 is 44.9 Å². The van der Waals surface area contributed by atoms with Gasteiger partial charge in [0.1, 0.15) is 26.8 Å². The molecule has 1 aromatic heterocycles. The van der Waals surface area contributed by atoms with E-state index in [1.807, 2.05) is 75.9 Å². The fourth-order valence-corrected chi connectivity index (χ4v) is 9.03. The van der Waals surface area contributed by atoms with Crippen LogP contribution < -0.4 is 5.43 Å². The first-order valence-electron chi connectivity index (χ1n) is 16.4. The molecule has 3 aromatic rings. The van der Waals surface area contributed by atoms with Crippen LogP contribution in [0.2, 0.25) is 10.0 Å². The number of carbonyl (C=O) groups is 1. The van der Waals surface area contributed by atoms with Gasteiger partial charge in [0.15, 0.2) is 5.43 Å². The monoisotopic (exact) mass is 711 g/mol. The van der Waals surface area contributed by atoms with Gasteiger partial charge in [-0.25, -0.2) is 13.2 Å². The van der Waals surface area contributed by atoms with Gasteiger partial charge in [0, 0.05) is 65.6 Å². The lowest BCUT2D eigenvalue weighted by Crippen LogP contribution is -2.61. The van der Waals surface area contributed by atoms with Gasteiger partial charge in [0.05, 0.1) is 17.1 Å². The van der Waals surface area contributed by atoms with Crippen molar-refractivity contribution < 1.29 is 13.2 Å². The van der Waals surface area contributed by atoms with E-state index in [0.29, 0.717) is 54.6 Å². The molecule has 12 heteroatoms. The van der Waals surface area contributed by atoms with Crippen LogP contribution in [0.3, 0.4) is 0 Å². The third-order valence-corrected chi connectivity index (χ3v) is 12.7. The van der Waals surface area contributed by atoms with Gasteiger partial charge in [-0.15, -0.1) is 0 Å². The van der Waals surface area contributed by atoms with E-state index in [2.05, 4.69) is 9.88 Å². The maximum Gasteiger partial charge on any atom is 0.326 e. The van der Waals surface area contributed by atoms with E-state index in [1.165, 1.54) is 0 Å². The predicted molar refractivity (Wildman–Crippen MR) is 192 cm³/mol. The fourth-order valence-electron chi connectivity index (χ4n) is 7.31. The van der Waals surface area contributed by atoms with Gasteiger partial charge in [-0.3, -0.25) is 19.6 Å². The molecule has 0 aliphatic carbocycles. The van der Waals surface area contributed by atoms with E-state index in [-0.39, 0.29) is 40.3 Å². The van der Waals surface area contributed by atoms with Crippen LogP contribution in [0.1, 0.15) is 69.8 Å². The van der Waals surface area contributed by atoms with Gasteiger partial charge in [-0.2, -0.15) is 0 Å². The molecule has 2 amide bonds. The summed E-state index contributed by atoms with van der Waals surface area (Å²) in [5, 5.41) is 1.14. The molecule has 48 heavy (non-hydrogen) atoms. The van der Waals surface area contributed by atoms with Crippen LogP contribution in [0.15, 0.2) is 70.6 Å². The summed E-state index contributed by atoms with van der Waals surface area (Å²) in [4.78, 5) is 43.4. The smallest absolute Gasteiger partial charge is 0.326 e. The Morgan fingerprint density at radius 3 is 1.96 bits per heavy atom. The van der Waals surface area contributed by atoms with E-state index < -0.39 is 20.9 Å². The summed E-state index contributed by atoms with van der Waals surface area (Å²) in [6.07, 6.45) is 2.90. The molecular formula is C36H43Cl2N5O4S. The highest BCUT2D eigenvalue weighted by Gasteiger charge is 2.60. The predicted octanol–water partition coefficient (Wildman–Crippen LogP) is 6.19. The molecule has 2 saturated heterocycles. The first-order chi connectivity index (χ1) is 22.5. The number of piperazine rings is 1. The highest BCUT2D eigenvalue weighted by molar-refractivity contribution is 7.91. The molecular weight excluding hydrogens is 669 g/mol. The lowest BCUT2D eigenvalue weighted by atomic mass is 9.71. The zero-order valence-corrected chi connectivity index (χ0v) is 30.4. The average molecular weight is 713 g/mol. The molecule has 256 valence electrons. The Morgan fingerprint density at radius 1 is 0.896 bits per heavy atom. The van der Waals surface area contributed by atoms with Gasteiger partial charge in [-0.1, -0.05) is 68.2 Å². The van der Waals surface area contributed by atoms with Crippen LogP contribution in [0.4, 0.5) is 4.79 Å². The highest BCUT2D eigenvalue weighted by atomic mass is 35.5. The van der Waals surface area contributed by atoms with Gasteiger partial charge < -0.3 is 9.88 Å². The minimum atomic E-state index is -2.97. The number of hydrogen-bond donors (Lipinski definition) is 1. The summed E-state index contributed by atoms with van der Waals surface area (Å²) in [5.74, 6) is 0.697. The van der Waals surface area contributed by atoms with Crippen molar-refractivity contribution in [1.82, 2.24) is 19.7 Å². The number of pyridine rings is 1. The van der Waals surface area contributed by atoms with Crippen LogP contribution in [0.25, 0.3) is 0 Å². The standard InChI is InChI=1S/C36H43Cl2N5O4S/c1-34(2,3)31-22-30(44)29(23-39-31)32-40-35(4,24-6-10-26(37)11-7-24)36(5,25-8-12-27(38)13-9-25)43(32)33(45)42-18-16-41(17-19-42)28-14-20-48(46,47)21-15-28/h6-13,22-23,28H,14-21H2,1-5H3,(H,39,44)/t35-,36+/m0/s1. The lowest BCUT2D eigenvalue weighted by molar-refractivity contribution is 0.0721. The Kier molecular flexibility index (Phi) is 9.11. The Hall–Kier alpha value is -3.18. The number of rotatable bonds is 4. The number of aliphatic imine (C=N–C) groups is 1. The van der Waals surface area contributed by atoms with Crippen LogP contribution in [0, 0.1) is 0 Å². The number of aromatic amines is 1. The molecule has 0 saturated carbocycles. The minimum Gasteiger partial charge on any atom is -0.364 e. The third-order valence-electron chi connectivity index (χ3n) is 10.5. The zero-order valence-electron chi connectivity index (χ0n) is 28.1. The summed E-state index contributed by atoms with van der Waals surface area (Å²) in [6.45, 7) is 12.2. The molecule has 4 heterocycles. The molecule has 2 aromatic carbocycles. The van der Waals surface area contributed by atoms with Crippen molar-refractivity contribution in [2.45, 2.75) is 70.0 Å². The number of H-pyrrole nitrogens is 1. The number of sulfone groups is 1. The first-order valence-corrected chi connectivity index (χ1v) is 19.0. The number of carbonyl (C=O) groups excluding carboxylic acids is 1. The summed E-state index contributed by atoms with van der Waals surface area (Å²) in [7, 11) is -2.97. The molecule has 0 bridgehead atoms. The number of hydrogen-bond acceptors (Lipinski definition) is 6. The summed E-state index contributed by atoms with van der Waals surface area (Å²) in [5.41, 5.74) is 0.0616. The normalized spacial score (nSPS) is 25.3. The second kappa shape index (κ2) is 12.6. The van der Waals surface area contributed by atoms with Gasteiger partial charge >= 0.3 is 6.03 Å². The molecule has 0 spiro atoms. The van der Waals surface area contributed by atoms with Crippen LogP contribution in [-0.4, -0.2) is 83.7 Å². The molecule has 0 radical (unpaired) electrons. The van der Waals surface area contributed by atoms with Crippen LogP contribution in [0.5, 0.6) is 0 Å². The molecule has 0 unspecified atom stereocenters. The van der Waals surface area contributed by atoms with E-state index in [4.69, 9.17) is 28.2 Å². The molecule has 6 rings (SSSR count). The highest BCUT2D eigenvalue weighted by Crippen LogP contribution is 2.53. The van der Waals surface area contributed by atoms with E-state index in [9.17, 15) is 13.2 Å². The Labute approximate surface area is 292 Å². The molecule has 2 fully saturated rings. The van der Waals surface area contributed by atoms with Crippen molar-refractivity contribution in [3.05, 3.63) is 103 Å². The van der Waals surface area contributed by atoms with Crippen molar-refractivity contribution in [1.29, 1.82) is 0 Å². The number of nitrogens with one attached hydrogen (secondary N) is 1. The van der Waals surface area contributed by atoms with Gasteiger partial charge in [0.25, 0.3) is 0 Å². The van der Waals surface area contributed by atoms with Crippen molar-refractivity contribution in [3.63, 3.8) is 0 Å². The number of aromatic nitrogens is 1. The largest absolute Gasteiger partial charge is 0.364 e. The molecule has 3 aliphatic heterocycles. The number of amides is 2. The Morgan fingerprint density at radius 2 is 1.44 bits per heavy atom. The fraction of sp³-hybridized carbons (Fsp3) is 0.472. The molecule has 3 aliphatic rings. The van der Waals surface area contributed by atoms with E-state index in [1.54, 1.807) is 29.3 Å². The van der Waals surface area contributed by atoms with Gasteiger partial charge in [0.2, 0.25) is 0 Å².